The highest BCUT2D eigenvalue weighted by atomic mass is 19.1. The molecule has 4 nitrogen and oxygen atoms in total. The van der Waals surface area contributed by atoms with Crippen molar-refractivity contribution in [2.75, 3.05) is 0 Å². The number of aromatic nitrogens is 2. The van der Waals surface area contributed by atoms with Gasteiger partial charge in [-0.3, -0.25) is 9.51 Å². The molecule has 1 heterocycles. The standard InChI is InChI=1S/C8H5FN2O2/c9-6-3-1-2-5(4-6)7-10-8(12)13-11-7/h1-4H,(H,10,11,12). The number of hydrogen-bond donors (Lipinski definition) is 1. The molecule has 1 N–H and O–H groups in total. The molecule has 0 saturated heterocycles. The van der Waals surface area contributed by atoms with Gasteiger partial charge in [0.1, 0.15) is 5.82 Å². The van der Waals surface area contributed by atoms with Crippen LogP contribution in [0.5, 0.6) is 0 Å². The maximum absolute atomic E-state index is 12.7. The van der Waals surface area contributed by atoms with Crippen molar-refractivity contribution >= 4 is 0 Å². The molecular formula is C8H5FN2O2. The van der Waals surface area contributed by atoms with Crippen molar-refractivity contribution in [2.45, 2.75) is 0 Å². The largest absolute Gasteiger partial charge is 0.439 e. The minimum Gasteiger partial charge on any atom is -0.296 e. The summed E-state index contributed by atoms with van der Waals surface area (Å²) in [7, 11) is 0. The molecule has 1 aromatic carbocycles. The summed E-state index contributed by atoms with van der Waals surface area (Å²) in [6.07, 6.45) is 0. The van der Waals surface area contributed by atoms with E-state index >= 15 is 0 Å². The molecule has 0 bridgehead atoms. The average Bonchev–Trinajstić information content (AvgIpc) is 2.52. The Morgan fingerprint density at radius 3 is 2.92 bits per heavy atom. The maximum Gasteiger partial charge on any atom is 0.439 e. The van der Waals surface area contributed by atoms with E-state index < -0.39 is 5.76 Å². The van der Waals surface area contributed by atoms with E-state index in [2.05, 4.69) is 14.7 Å². The maximum atomic E-state index is 12.7. The van der Waals surface area contributed by atoms with Gasteiger partial charge in [-0.15, -0.1) is 0 Å². The van der Waals surface area contributed by atoms with Crippen LogP contribution in [0.1, 0.15) is 0 Å². The van der Waals surface area contributed by atoms with Gasteiger partial charge in [0, 0.05) is 5.56 Å². The van der Waals surface area contributed by atoms with E-state index in [4.69, 9.17) is 0 Å². The lowest BCUT2D eigenvalue weighted by molar-refractivity contribution is 0.388. The molecular weight excluding hydrogens is 175 g/mol. The van der Waals surface area contributed by atoms with Crippen LogP contribution in [0.2, 0.25) is 0 Å². The molecule has 0 fully saturated rings. The van der Waals surface area contributed by atoms with Crippen LogP contribution in [0.25, 0.3) is 11.4 Å². The normalized spacial score (nSPS) is 10.2. The zero-order valence-electron chi connectivity index (χ0n) is 6.45. The highest BCUT2D eigenvalue weighted by molar-refractivity contribution is 5.53. The molecule has 2 aromatic rings. The van der Waals surface area contributed by atoms with E-state index in [1.165, 1.54) is 18.2 Å². The lowest BCUT2D eigenvalue weighted by Gasteiger charge is -1.92. The molecule has 0 saturated carbocycles. The van der Waals surface area contributed by atoms with Crippen molar-refractivity contribution in [3.8, 4) is 11.4 Å². The van der Waals surface area contributed by atoms with Crippen LogP contribution in [-0.2, 0) is 0 Å². The number of nitrogens with zero attached hydrogens (tertiary/aromatic N) is 1. The molecule has 0 aliphatic carbocycles. The smallest absolute Gasteiger partial charge is 0.296 e. The summed E-state index contributed by atoms with van der Waals surface area (Å²) in [5.74, 6) is -0.815. The quantitative estimate of drug-likeness (QED) is 0.716. The monoisotopic (exact) mass is 180 g/mol. The second kappa shape index (κ2) is 2.85. The summed E-state index contributed by atoms with van der Waals surface area (Å²) in [5.41, 5.74) is 0.478. The van der Waals surface area contributed by atoms with Crippen LogP contribution in [0.15, 0.2) is 33.6 Å². The first-order valence-electron chi connectivity index (χ1n) is 3.57. The number of halogens is 1. The third-order valence-corrected chi connectivity index (χ3v) is 1.54. The van der Waals surface area contributed by atoms with Gasteiger partial charge in [0.25, 0.3) is 0 Å². The Labute approximate surface area is 72.0 Å². The lowest BCUT2D eigenvalue weighted by atomic mass is 10.2. The molecule has 66 valence electrons. The first kappa shape index (κ1) is 7.72. The van der Waals surface area contributed by atoms with E-state index in [0.29, 0.717) is 5.56 Å². The van der Waals surface area contributed by atoms with Gasteiger partial charge in [-0.1, -0.05) is 17.3 Å². The van der Waals surface area contributed by atoms with Crippen LogP contribution in [0.4, 0.5) is 4.39 Å². The summed E-state index contributed by atoms with van der Waals surface area (Å²) in [4.78, 5) is 12.9. The van der Waals surface area contributed by atoms with Crippen molar-refractivity contribution in [2.24, 2.45) is 0 Å². The first-order valence-corrected chi connectivity index (χ1v) is 3.57. The Kier molecular flexibility index (Phi) is 1.70. The minimum absolute atomic E-state index is 0.226. The van der Waals surface area contributed by atoms with Crippen LogP contribution in [0, 0.1) is 5.82 Å². The summed E-state index contributed by atoms with van der Waals surface area (Å²) in [6, 6.07) is 5.71. The fraction of sp³-hybridized carbons (Fsp3) is 0. The average molecular weight is 180 g/mol. The molecule has 0 aliphatic rings. The van der Waals surface area contributed by atoms with E-state index in [1.54, 1.807) is 6.07 Å². The number of benzene rings is 1. The van der Waals surface area contributed by atoms with E-state index in [0.717, 1.165) is 0 Å². The van der Waals surface area contributed by atoms with Gasteiger partial charge in [0.2, 0.25) is 0 Å². The van der Waals surface area contributed by atoms with Crippen molar-refractivity contribution in [3.05, 3.63) is 40.6 Å². The number of nitrogens with one attached hydrogen (secondary N) is 1. The summed E-state index contributed by atoms with van der Waals surface area (Å²) in [5, 5.41) is 3.42. The van der Waals surface area contributed by atoms with Crippen LogP contribution in [0.3, 0.4) is 0 Å². The Morgan fingerprint density at radius 2 is 2.31 bits per heavy atom. The number of H-pyrrole nitrogens is 1. The molecule has 1 aromatic heterocycles. The van der Waals surface area contributed by atoms with Gasteiger partial charge in [0.15, 0.2) is 5.82 Å². The number of hydrogen-bond acceptors (Lipinski definition) is 3. The van der Waals surface area contributed by atoms with E-state index in [-0.39, 0.29) is 11.6 Å². The molecule has 0 unspecified atom stereocenters. The predicted molar refractivity (Wildman–Crippen MR) is 42.5 cm³/mol. The van der Waals surface area contributed by atoms with E-state index in [1.807, 2.05) is 0 Å². The Morgan fingerprint density at radius 1 is 1.46 bits per heavy atom. The fourth-order valence-corrected chi connectivity index (χ4v) is 0.990. The molecule has 0 aliphatic heterocycles. The van der Waals surface area contributed by atoms with Gasteiger partial charge in [0.05, 0.1) is 0 Å². The summed E-state index contributed by atoms with van der Waals surface area (Å²) < 4.78 is 17.0. The lowest BCUT2D eigenvalue weighted by Crippen LogP contribution is -1.94. The van der Waals surface area contributed by atoms with Gasteiger partial charge in [-0.05, 0) is 12.1 Å². The summed E-state index contributed by atoms with van der Waals surface area (Å²) in [6.45, 7) is 0. The van der Waals surface area contributed by atoms with Gasteiger partial charge in [-0.2, -0.15) is 0 Å². The van der Waals surface area contributed by atoms with Gasteiger partial charge in [-0.25, -0.2) is 9.18 Å². The second-order valence-corrected chi connectivity index (χ2v) is 2.45. The van der Waals surface area contributed by atoms with Crippen LogP contribution >= 0.6 is 0 Å². The Balaban J connectivity index is 2.52. The molecule has 0 radical (unpaired) electrons. The van der Waals surface area contributed by atoms with Crippen molar-refractivity contribution in [3.63, 3.8) is 0 Å². The SMILES string of the molecule is O=c1[nH]c(-c2cccc(F)c2)no1. The molecule has 5 heteroatoms. The highest BCUT2D eigenvalue weighted by Crippen LogP contribution is 2.13. The van der Waals surface area contributed by atoms with Gasteiger partial charge >= 0.3 is 5.76 Å². The Hall–Kier alpha value is -1.91. The number of rotatable bonds is 1. The molecule has 0 spiro atoms. The third-order valence-electron chi connectivity index (χ3n) is 1.54. The summed E-state index contributed by atoms with van der Waals surface area (Å²) >= 11 is 0. The molecule has 2 rings (SSSR count). The Bertz CT molecular complexity index is 475. The van der Waals surface area contributed by atoms with Crippen molar-refractivity contribution < 1.29 is 8.91 Å². The first-order chi connectivity index (χ1) is 6.25. The molecule has 0 amide bonds. The zero-order valence-corrected chi connectivity index (χ0v) is 6.45. The van der Waals surface area contributed by atoms with Gasteiger partial charge < -0.3 is 0 Å². The highest BCUT2D eigenvalue weighted by Gasteiger charge is 2.03. The molecule has 0 atom stereocenters. The minimum atomic E-state index is -0.653. The number of aromatic amines is 1. The van der Waals surface area contributed by atoms with E-state index in [9.17, 15) is 9.18 Å². The topological polar surface area (TPSA) is 58.9 Å². The van der Waals surface area contributed by atoms with Crippen LogP contribution < -0.4 is 5.76 Å². The third kappa shape index (κ3) is 1.48. The molecule has 13 heavy (non-hydrogen) atoms. The van der Waals surface area contributed by atoms with Crippen LogP contribution in [-0.4, -0.2) is 10.1 Å². The fourth-order valence-electron chi connectivity index (χ4n) is 0.990. The second-order valence-electron chi connectivity index (χ2n) is 2.45. The predicted octanol–water partition coefficient (Wildman–Crippen LogP) is 1.17. The van der Waals surface area contributed by atoms with Crippen molar-refractivity contribution in [1.82, 2.24) is 10.1 Å². The zero-order chi connectivity index (χ0) is 9.26. The van der Waals surface area contributed by atoms with Crippen molar-refractivity contribution in [1.29, 1.82) is 0 Å².